The van der Waals surface area contributed by atoms with Gasteiger partial charge in [0.05, 0.1) is 12.2 Å². The smallest absolute Gasteiger partial charge is 0.338 e. The van der Waals surface area contributed by atoms with Crippen molar-refractivity contribution in [2.24, 2.45) is 0 Å². The molecule has 1 aliphatic rings. The molecule has 7 heteroatoms. The van der Waals surface area contributed by atoms with E-state index < -0.39 is 6.04 Å². The third-order valence-electron chi connectivity index (χ3n) is 5.46. The van der Waals surface area contributed by atoms with Crippen LogP contribution in [-0.2, 0) is 15.3 Å². The van der Waals surface area contributed by atoms with Crippen molar-refractivity contribution in [3.05, 3.63) is 82.6 Å². The van der Waals surface area contributed by atoms with Gasteiger partial charge in [0.15, 0.2) is 0 Å². The number of nitrogens with zero attached hydrogens (tertiary/aromatic N) is 3. The highest BCUT2D eigenvalue weighted by atomic mass is 32.2. The fourth-order valence-electron chi connectivity index (χ4n) is 3.76. The van der Waals surface area contributed by atoms with Crippen LogP contribution in [0.25, 0.3) is 0 Å². The number of fused-ring (bicyclic) bond motifs is 1. The zero-order valence-electron chi connectivity index (χ0n) is 18.8. The van der Waals surface area contributed by atoms with E-state index in [1.807, 2.05) is 32.0 Å². The van der Waals surface area contributed by atoms with Crippen molar-refractivity contribution in [3.8, 4) is 0 Å². The van der Waals surface area contributed by atoms with Gasteiger partial charge in [-0.15, -0.1) is 5.10 Å². The van der Waals surface area contributed by atoms with Crippen molar-refractivity contribution in [3.63, 3.8) is 0 Å². The predicted molar refractivity (Wildman–Crippen MR) is 128 cm³/mol. The number of thioether (sulfide) groups is 1. The lowest BCUT2D eigenvalue weighted by Crippen LogP contribution is -2.29. The molecule has 2 aromatic carbocycles. The van der Waals surface area contributed by atoms with Crippen LogP contribution in [0.5, 0.6) is 0 Å². The Morgan fingerprint density at radius 2 is 1.88 bits per heavy atom. The van der Waals surface area contributed by atoms with Gasteiger partial charge >= 0.3 is 5.97 Å². The second-order valence-corrected chi connectivity index (χ2v) is 8.99. The molecule has 0 spiro atoms. The average molecular weight is 449 g/mol. The Morgan fingerprint density at radius 3 is 2.53 bits per heavy atom. The van der Waals surface area contributed by atoms with Crippen LogP contribution in [0.15, 0.2) is 71.0 Å². The van der Waals surface area contributed by atoms with Crippen LogP contribution >= 0.6 is 11.8 Å². The maximum atomic E-state index is 12.9. The van der Waals surface area contributed by atoms with Crippen LogP contribution < -0.4 is 5.32 Å². The summed E-state index contributed by atoms with van der Waals surface area (Å²) in [5.41, 5.74) is 4.73. The number of allylic oxidation sites excluding steroid dienone is 1. The van der Waals surface area contributed by atoms with Crippen LogP contribution in [-0.4, -0.2) is 27.3 Å². The van der Waals surface area contributed by atoms with Crippen molar-refractivity contribution in [2.75, 3.05) is 11.9 Å². The minimum absolute atomic E-state index is 0.316. The van der Waals surface area contributed by atoms with E-state index in [9.17, 15) is 4.79 Å². The van der Waals surface area contributed by atoms with E-state index in [0.717, 1.165) is 17.0 Å². The Bertz CT molecular complexity index is 1120. The number of esters is 1. The van der Waals surface area contributed by atoms with Gasteiger partial charge in [0, 0.05) is 11.4 Å². The maximum Gasteiger partial charge on any atom is 0.338 e. The Labute approximate surface area is 193 Å². The van der Waals surface area contributed by atoms with E-state index in [1.54, 1.807) is 16.4 Å². The summed E-state index contributed by atoms with van der Waals surface area (Å²) in [5.74, 6) is 1.50. The number of nitrogens with one attached hydrogen (secondary N) is 1. The number of carbonyl (C=O) groups is 1. The lowest BCUT2D eigenvalue weighted by molar-refractivity contribution is -0.139. The van der Waals surface area contributed by atoms with Gasteiger partial charge < -0.3 is 10.1 Å². The lowest BCUT2D eigenvalue weighted by atomic mass is 9.93. The summed E-state index contributed by atoms with van der Waals surface area (Å²) in [4.78, 5) is 17.6. The van der Waals surface area contributed by atoms with E-state index in [0.29, 0.717) is 29.2 Å². The normalized spacial score (nSPS) is 15.5. The Hall–Kier alpha value is -3.06. The molecule has 6 nitrogen and oxygen atoms in total. The molecule has 1 atom stereocenters. The van der Waals surface area contributed by atoms with E-state index in [1.165, 1.54) is 11.1 Å². The molecule has 32 heavy (non-hydrogen) atoms. The number of benzene rings is 2. The minimum Gasteiger partial charge on any atom is -0.463 e. The number of anilines is 1. The second kappa shape index (κ2) is 9.61. The first-order chi connectivity index (χ1) is 15.5. The maximum absolute atomic E-state index is 12.9. The third kappa shape index (κ3) is 4.58. The zero-order valence-corrected chi connectivity index (χ0v) is 19.6. The van der Waals surface area contributed by atoms with Crippen LogP contribution in [0.1, 0.15) is 56.3 Å². The molecular formula is C25H28N4O2S. The van der Waals surface area contributed by atoms with Crippen molar-refractivity contribution in [1.82, 2.24) is 14.8 Å². The summed E-state index contributed by atoms with van der Waals surface area (Å²) in [7, 11) is 0. The Kier molecular flexibility index (Phi) is 6.65. The van der Waals surface area contributed by atoms with Crippen LogP contribution in [0.4, 0.5) is 5.95 Å². The number of aromatic nitrogens is 3. The fourth-order valence-corrected chi connectivity index (χ4v) is 4.54. The summed E-state index contributed by atoms with van der Waals surface area (Å²) in [6, 6.07) is 18.2. The van der Waals surface area contributed by atoms with Crippen LogP contribution in [0, 0.1) is 0 Å². The first kappa shape index (κ1) is 22.1. The van der Waals surface area contributed by atoms with E-state index >= 15 is 0 Å². The molecule has 0 bridgehead atoms. The number of carbonyl (C=O) groups excluding carboxylic acids is 1. The third-order valence-corrected chi connectivity index (χ3v) is 6.37. The summed E-state index contributed by atoms with van der Waals surface area (Å²) in [6.07, 6.45) is 0. The highest BCUT2D eigenvalue weighted by Gasteiger charge is 2.35. The standard InChI is InChI=1S/C25H28N4O2S/c1-5-31-23(30)21-17(4)26-24-27-25(32-15-18-9-7-6-8-10-18)28-29(24)22(21)20-13-11-19(12-14-20)16(2)3/h6-14,16,22H,5,15H2,1-4H3,(H,26,27,28). The molecule has 0 fully saturated rings. The number of rotatable bonds is 7. The van der Waals surface area contributed by atoms with E-state index in [4.69, 9.17) is 14.8 Å². The summed E-state index contributed by atoms with van der Waals surface area (Å²) >= 11 is 1.57. The van der Waals surface area contributed by atoms with Gasteiger partial charge in [0.25, 0.3) is 0 Å². The fraction of sp³-hybridized carbons (Fsp3) is 0.320. The SMILES string of the molecule is CCOC(=O)C1=C(C)Nc2nc(SCc3ccccc3)nn2C1c1ccc(C(C)C)cc1. The molecule has 1 aromatic heterocycles. The predicted octanol–water partition coefficient (Wildman–Crippen LogP) is 5.55. The summed E-state index contributed by atoms with van der Waals surface area (Å²) in [5, 5.41) is 8.69. The van der Waals surface area contributed by atoms with Gasteiger partial charge in [-0.25, -0.2) is 9.48 Å². The molecule has 2 heterocycles. The van der Waals surface area contributed by atoms with Gasteiger partial charge in [0.2, 0.25) is 11.1 Å². The molecule has 1 unspecified atom stereocenters. The molecule has 1 N–H and O–H groups in total. The van der Waals surface area contributed by atoms with Gasteiger partial charge in [-0.05, 0) is 36.5 Å². The highest BCUT2D eigenvalue weighted by molar-refractivity contribution is 7.98. The van der Waals surface area contributed by atoms with Crippen LogP contribution in [0.2, 0.25) is 0 Å². The first-order valence-electron chi connectivity index (χ1n) is 10.9. The lowest BCUT2D eigenvalue weighted by Gasteiger charge is -2.28. The van der Waals surface area contributed by atoms with Crippen molar-refractivity contribution >= 4 is 23.7 Å². The number of hydrogen-bond acceptors (Lipinski definition) is 6. The molecule has 0 aliphatic carbocycles. The molecule has 3 aromatic rings. The topological polar surface area (TPSA) is 69.0 Å². The molecule has 1 aliphatic heterocycles. The molecule has 0 radical (unpaired) electrons. The van der Waals surface area contributed by atoms with Crippen molar-refractivity contribution < 1.29 is 9.53 Å². The molecule has 0 saturated heterocycles. The van der Waals surface area contributed by atoms with E-state index in [-0.39, 0.29) is 5.97 Å². The van der Waals surface area contributed by atoms with E-state index in [2.05, 4.69) is 55.6 Å². The molecular weight excluding hydrogens is 420 g/mol. The van der Waals surface area contributed by atoms with Gasteiger partial charge in [0.1, 0.15) is 6.04 Å². The second-order valence-electron chi connectivity index (χ2n) is 8.04. The van der Waals surface area contributed by atoms with Gasteiger partial charge in [-0.2, -0.15) is 4.98 Å². The minimum atomic E-state index is -0.398. The van der Waals surface area contributed by atoms with Crippen LogP contribution in [0.3, 0.4) is 0 Å². The van der Waals surface area contributed by atoms with Gasteiger partial charge in [-0.1, -0.05) is 80.2 Å². The highest BCUT2D eigenvalue weighted by Crippen LogP contribution is 2.37. The Balaban J connectivity index is 1.70. The largest absolute Gasteiger partial charge is 0.463 e. The molecule has 0 saturated carbocycles. The Morgan fingerprint density at radius 1 is 1.16 bits per heavy atom. The molecule has 0 amide bonds. The van der Waals surface area contributed by atoms with Crippen molar-refractivity contribution in [2.45, 2.75) is 50.6 Å². The summed E-state index contributed by atoms with van der Waals surface area (Å²) in [6.45, 7) is 8.35. The molecule has 166 valence electrons. The monoisotopic (exact) mass is 448 g/mol. The van der Waals surface area contributed by atoms with Gasteiger partial charge in [-0.3, -0.25) is 0 Å². The number of hydrogen-bond donors (Lipinski definition) is 1. The quantitative estimate of drug-likeness (QED) is 0.378. The zero-order chi connectivity index (χ0) is 22.7. The molecule has 4 rings (SSSR count). The first-order valence-corrected chi connectivity index (χ1v) is 11.8. The average Bonchev–Trinajstić information content (AvgIpc) is 3.20. The van der Waals surface area contributed by atoms with Crippen molar-refractivity contribution in [1.29, 1.82) is 0 Å². The number of ether oxygens (including phenoxy) is 1. The summed E-state index contributed by atoms with van der Waals surface area (Å²) < 4.78 is 7.19.